The van der Waals surface area contributed by atoms with Gasteiger partial charge in [-0.1, -0.05) is 319 Å². The van der Waals surface area contributed by atoms with Crippen LogP contribution in [0.5, 0.6) is 0 Å². The highest BCUT2D eigenvalue weighted by Crippen LogP contribution is 2.43. The van der Waals surface area contributed by atoms with Gasteiger partial charge in [-0.05, 0) is 57.8 Å². The Balaban J connectivity index is 3.84. The van der Waals surface area contributed by atoms with Crippen LogP contribution in [-0.2, 0) is 32.7 Å². The highest BCUT2D eigenvalue weighted by atomic mass is 31.2. The number of carbonyl (C=O) groups is 2. The van der Waals surface area contributed by atoms with Crippen molar-refractivity contribution in [1.29, 1.82) is 0 Å². The normalized spacial score (nSPS) is 13.3. The molecule has 3 N–H and O–H groups in total. The number of hydrogen-bond acceptors (Lipinski definition) is 8. The SMILES string of the molecule is CC/C=C\C/C=C\C/C=C\C/C=C\C/C=C\CCCCCCCCCC(=O)OC(COC(=O)CCCCCCCCCCCCCCCCCCCCCCCCCCCCCCCCCCCC)COP(=O)(O)OCCN. The first-order valence-electron chi connectivity index (χ1n) is 33.3. The lowest BCUT2D eigenvalue weighted by molar-refractivity contribution is -0.161. The average Bonchev–Trinajstić information content (AvgIpc) is 3.43. The van der Waals surface area contributed by atoms with Crippen molar-refractivity contribution in [3.63, 3.8) is 0 Å². The minimum Gasteiger partial charge on any atom is -0.462 e. The molecule has 10 heteroatoms. The number of phosphoric acid groups is 1. The summed E-state index contributed by atoms with van der Waals surface area (Å²) in [6, 6.07) is 0. The first-order valence-corrected chi connectivity index (χ1v) is 34.8. The maximum atomic E-state index is 12.7. The number of rotatable bonds is 63. The summed E-state index contributed by atoms with van der Waals surface area (Å²) in [6.07, 6.45) is 81.7. The number of carbonyl (C=O) groups excluding carboxylic acids is 2. The van der Waals surface area contributed by atoms with E-state index >= 15 is 0 Å². The molecular weight excluding hydrogens is 990 g/mol. The van der Waals surface area contributed by atoms with E-state index in [0.29, 0.717) is 6.42 Å². The van der Waals surface area contributed by atoms with Crippen LogP contribution in [0.4, 0.5) is 0 Å². The average molecular weight is 1120 g/mol. The number of hydrogen-bond donors (Lipinski definition) is 2. The number of allylic oxidation sites excluding steroid dienone is 10. The molecule has 0 saturated heterocycles. The summed E-state index contributed by atoms with van der Waals surface area (Å²) in [7, 11) is -4.40. The molecule has 0 amide bonds. The Morgan fingerprint density at radius 2 is 0.705 bits per heavy atom. The molecule has 0 aliphatic rings. The lowest BCUT2D eigenvalue weighted by Gasteiger charge is -2.19. The summed E-state index contributed by atoms with van der Waals surface area (Å²) in [5.41, 5.74) is 5.39. The van der Waals surface area contributed by atoms with E-state index in [4.69, 9.17) is 24.3 Å². The molecule has 0 aromatic carbocycles. The maximum absolute atomic E-state index is 12.7. The van der Waals surface area contributed by atoms with Gasteiger partial charge in [0.2, 0.25) is 0 Å². The minimum absolute atomic E-state index is 0.0504. The fourth-order valence-corrected chi connectivity index (χ4v) is 10.6. The monoisotopic (exact) mass is 1120 g/mol. The molecule has 0 aromatic heterocycles. The zero-order valence-electron chi connectivity index (χ0n) is 51.2. The van der Waals surface area contributed by atoms with Crippen molar-refractivity contribution in [2.24, 2.45) is 5.73 Å². The van der Waals surface area contributed by atoms with Crippen molar-refractivity contribution < 1.29 is 37.6 Å². The van der Waals surface area contributed by atoms with Gasteiger partial charge in [0.1, 0.15) is 6.61 Å². The van der Waals surface area contributed by atoms with Gasteiger partial charge in [0.25, 0.3) is 0 Å². The van der Waals surface area contributed by atoms with E-state index in [2.05, 4.69) is 74.6 Å². The van der Waals surface area contributed by atoms with E-state index in [-0.39, 0.29) is 38.6 Å². The number of unbranched alkanes of at least 4 members (excludes halogenated alkanes) is 40. The van der Waals surface area contributed by atoms with Gasteiger partial charge in [-0.15, -0.1) is 0 Å². The molecule has 0 heterocycles. The lowest BCUT2D eigenvalue weighted by Crippen LogP contribution is -2.29. The van der Waals surface area contributed by atoms with Gasteiger partial charge in [-0.25, -0.2) is 4.57 Å². The quantitative estimate of drug-likeness (QED) is 0.0264. The van der Waals surface area contributed by atoms with Crippen molar-refractivity contribution in [3.8, 4) is 0 Å². The molecule has 2 unspecified atom stereocenters. The molecule has 0 aliphatic heterocycles. The lowest BCUT2D eigenvalue weighted by atomic mass is 10.0. The van der Waals surface area contributed by atoms with E-state index in [1.165, 1.54) is 218 Å². The Bertz CT molecular complexity index is 1460. The van der Waals surface area contributed by atoms with Crippen molar-refractivity contribution in [3.05, 3.63) is 60.8 Å². The Morgan fingerprint density at radius 3 is 1.05 bits per heavy atom. The molecule has 0 bridgehead atoms. The Morgan fingerprint density at radius 1 is 0.397 bits per heavy atom. The smallest absolute Gasteiger partial charge is 0.462 e. The second-order valence-electron chi connectivity index (χ2n) is 22.3. The maximum Gasteiger partial charge on any atom is 0.472 e. The van der Waals surface area contributed by atoms with Gasteiger partial charge >= 0.3 is 19.8 Å². The molecular formula is C68H126NO8P. The first kappa shape index (κ1) is 75.7. The molecule has 0 rings (SSSR count). The van der Waals surface area contributed by atoms with Crippen LogP contribution in [0.15, 0.2) is 60.8 Å². The van der Waals surface area contributed by atoms with Crippen LogP contribution in [0.1, 0.15) is 328 Å². The second-order valence-corrected chi connectivity index (χ2v) is 23.8. The number of ether oxygens (including phenoxy) is 2. The number of esters is 2. The number of phosphoric ester groups is 1. The second kappa shape index (κ2) is 63.9. The Hall–Kier alpha value is -2.29. The Labute approximate surface area is 482 Å². The van der Waals surface area contributed by atoms with Crippen molar-refractivity contribution >= 4 is 19.8 Å². The van der Waals surface area contributed by atoms with E-state index in [9.17, 15) is 19.0 Å². The highest BCUT2D eigenvalue weighted by Gasteiger charge is 2.26. The van der Waals surface area contributed by atoms with Crippen LogP contribution < -0.4 is 5.73 Å². The molecule has 0 radical (unpaired) electrons. The largest absolute Gasteiger partial charge is 0.472 e. The van der Waals surface area contributed by atoms with Crippen LogP contribution in [0.2, 0.25) is 0 Å². The summed E-state index contributed by atoms with van der Waals surface area (Å²) >= 11 is 0. The molecule has 78 heavy (non-hydrogen) atoms. The zero-order valence-corrected chi connectivity index (χ0v) is 52.1. The molecule has 2 atom stereocenters. The van der Waals surface area contributed by atoms with Crippen LogP contribution in [0, 0.1) is 0 Å². The molecule has 9 nitrogen and oxygen atoms in total. The van der Waals surface area contributed by atoms with Crippen LogP contribution >= 0.6 is 7.82 Å². The van der Waals surface area contributed by atoms with Crippen LogP contribution in [-0.4, -0.2) is 49.3 Å². The molecule has 0 aliphatic carbocycles. The topological polar surface area (TPSA) is 134 Å². The summed E-state index contributed by atoms with van der Waals surface area (Å²) in [5.74, 6) is -0.828. The van der Waals surface area contributed by atoms with E-state index < -0.39 is 26.5 Å². The van der Waals surface area contributed by atoms with Crippen molar-refractivity contribution in [1.82, 2.24) is 0 Å². The first-order chi connectivity index (χ1) is 38.3. The standard InChI is InChI=1S/C68H126NO8P/c1-3-5-7-9-11-13-15-17-19-21-23-25-27-28-29-30-31-32-33-34-35-36-37-39-40-42-44-46-48-50-52-54-56-58-60-67(70)74-64-66(65-76-78(72,73)75-63-62-69)77-68(71)61-59-57-55-53-51-49-47-45-43-41-38-26-24-22-20-18-16-14-12-10-8-6-4-2/h6,8,12,14,18,20,24,26,41,43,66H,3-5,7,9-11,13,15-17,19,21-23,25,27-40,42,44-65,69H2,1-2H3,(H,72,73)/b8-6-,14-12-,20-18-,26-24-,43-41-. The third-order valence-corrected chi connectivity index (χ3v) is 15.7. The van der Waals surface area contributed by atoms with Crippen LogP contribution in [0.25, 0.3) is 0 Å². The van der Waals surface area contributed by atoms with Crippen molar-refractivity contribution in [2.45, 2.75) is 335 Å². The fraction of sp³-hybridized carbons (Fsp3) is 0.824. The van der Waals surface area contributed by atoms with Gasteiger partial charge in [-0.3, -0.25) is 18.6 Å². The van der Waals surface area contributed by atoms with E-state index in [1.54, 1.807) is 0 Å². The Kier molecular flexibility index (Phi) is 62.0. The summed E-state index contributed by atoms with van der Waals surface area (Å²) < 4.78 is 33.1. The predicted octanol–water partition coefficient (Wildman–Crippen LogP) is 21.5. The zero-order chi connectivity index (χ0) is 56.6. The number of nitrogens with two attached hydrogens (primary N) is 1. The molecule has 0 spiro atoms. The van der Waals surface area contributed by atoms with Gasteiger partial charge in [0.05, 0.1) is 13.2 Å². The van der Waals surface area contributed by atoms with Gasteiger partial charge in [0, 0.05) is 19.4 Å². The summed E-state index contributed by atoms with van der Waals surface area (Å²) in [4.78, 5) is 35.3. The predicted molar refractivity (Wildman–Crippen MR) is 335 cm³/mol. The molecule has 0 aromatic rings. The fourth-order valence-electron chi connectivity index (χ4n) is 9.79. The van der Waals surface area contributed by atoms with Crippen LogP contribution in [0.3, 0.4) is 0 Å². The molecule has 0 fully saturated rings. The summed E-state index contributed by atoms with van der Waals surface area (Å²) in [5, 5.41) is 0. The van der Waals surface area contributed by atoms with Gasteiger partial charge in [0.15, 0.2) is 6.10 Å². The summed E-state index contributed by atoms with van der Waals surface area (Å²) in [6.45, 7) is 3.67. The van der Waals surface area contributed by atoms with E-state index in [0.717, 1.165) is 77.0 Å². The van der Waals surface area contributed by atoms with E-state index in [1.807, 2.05) is 0 Å². The third-order valence-electron chi connectivity index (χ3n) is 14.7. The molecule has 456 valence electrons. The van der Waals surface area contributed by atoms with Gasteiger partial charge < -0.3 is 20.1 Å². The highest BCUT2D eigenvalue weighted by molar-refractivity contribution is 7.47. The van der Waals surface area contributed by atoms with Gasteiger partial charge in [-0.2, -0.15) is 0 Å². The molecule has 0 saturated carbocycles. The third kappa shape index (κ3) is 62.9. The van der Waals surface area contributed by atoms with Crippen molar-refractivity contribution in [2.75, 3.05) is 26.4 Å². The minimum atomic E-state index is -4.40.